The Morgan fingerprint density at radius 3 is 2.44 bits per heavy atom. The van der Waals surface area contributed by atoms with Crippen molar-refractivity contribution in [1.29, 1.82) is 0 Å². The first-order valence-corrected chi connectivity index (χ1v) is 8.02. The molecule has 0 bridgehead atoms. The van der Waals surface area contributed by atoms with Crippen LogP contribution in [-0.4, -0.2) is 16.8 Å². The molecule has 0 unspecified atom stereocenters. The molecule has 0 amide bonds. The highest BCUT2D eigenvalue weighted by atomic mass is 79.9. The number of hydrogen-bond acceptors (Lipinski definition) is 5. The van der Waals surface area contributed by atoms with Gasteiger partial charge >= 0.3 is 5.97 Å². The highest BCUT2D eigenvalue weighted by molar-refractivity contribution is 9.12. The average Bonchev–Trinajstić information content (AvgIpc) is 2.96. The molecule has 0 atom stereocenters. The number of non-ortho nitro benzene ring substituents is 1. The summed E-state index contributed by atoms with van der Waals surface area (Å²) < 4.78 is 5.80. The molecule has 2 aromatic carbocycles. The summed E-state index contributed by atoms with van der Waals surface area (Å²) in [4.78, 5) is 26.3. The number of nitrogens with zero attached hydrogens (tertiary/aromatic N) is 2. The van der Waals surface area contributed by atoms with Gasteiger partial charge in [-0.25, -0.2) is 9.79 Å². The molecule has 25 heavy (non-hydrogen) atoms. The third-order valence-electron chi connectivity index (χ3n) is 3.32. The van der Waals surface area contributed by atoms with E-state index < -0.39 is 10.9 Å². The summed E-state index contributed by atoms with van der Waals surface area (Å²) in [5, 5.41) is 10.7. The van der Waals surface area contributed by atoms with E-state index in [1.54, 1.807) is 6.08 Å². The van der Waals surface area contributed by atoms with Gasteiger partial charge in [-0.2, -0.15) is 0 Å². The Balaban J connectivity index is 1.84. The molecule has 0 saturated heterocycles. The van der Waals surface area contributed by atoms with Gasteiger partial charge in [0, 0.05) is 22.2 Å². The fraction of sp³-hybridized carbons (Fsp3) is 0. The Kier molecular flexibility index (Phi) is 4.85. The summed E-state index contributed by atoms with van der Waals surface area (Å²) >= 11 is 3.39. The maximum Gasteiger partial charge on any atom is 0.363 e. The first-order chi connectivity index (χ1) is 12.0. The highest BCUT2D eigenvalue weighted by Crippen LogP contribution is 2.22. The summed E-state index contributed by atoms with van der Waals surface area (Å²) in [7, 11) is 0. The van der Waals surface area contributed by atoms with Gasteiger partial charge in [-0.05, 0) is 29.8 Å². The molecule has 0 aromatic heterocycles. The van der Waals surface area contributed by atoms with Gasteiger partial charge in [0.25, 0.3) is 5.69 Å². The fourth-order valence-electron chi connectivity index (χ4n) is 2.14. The van der Waals surface area contributed by atoms with Gasteiger partial charge in [0.2, 0.25) is 5.90 Å². The van der Waals surface area contributed by atoms with Gasteiger partial charge in [0.15, 0.2) is 5.70 Å². The summed E-state index contributed by atoms with van der Waals surface area (Å²) in [6, 6.07) is 15.2. The molecule has 1 aliphatic rings. The number of nitro groups is 1. The summed E-state index contributed by atoms with van der Waals surface area (Å²) in [6.07, 6.45) is 3.41. The van der Waals surface area contributed by atoms with Crippen molar-refractivity contribution in [1.82, 2.24) is 0 Å². The number of allylic oxidation sites excluding steroid dienone is 2. The van der Waals surface area contributed by atoms with E-state index in [0.29, 0.717) is 10.0 Å². The molecule has 1 aliphatic heterocycles. The van der Waals surface area contributed by atoms with Gasteiger partial charge in [-0.3, -0.25) is 10.1 Å². The number of rotatable bonds is 4. The summed E-state index contributed by atoms with van der Waals surface area (Å²) in [5.41, 5.74) is 1.56. The van der Waals surface area contributed by atoms with Crippen molar-refractivity contribution in [3.63, 3.8) is 0 Å². The van der Waals surface area contributed by atoms with Crippen LogP contribution >= 0.6 is 15.9 Å². The van der Waals surface area contributed by atoms with E-state index in [1.165, 1.54) is 24.3 Å². The number of esters is 1. The molecule has 0 N–H and O–H groups in total. The lowest BCUT2D eigenvalue weighted by atomic mass is 10.2. The predicted octanol–water partition coefficient (Wildman–Crippen LogP) is 4.22. The molecular weight excluding hydrogens is 388 g/mol. The number of benzene rings is 2. The van der Waals surface area contributed by atoms with E-state index in [2.05, 4.69) is 20.9 Å². The van der Waals surface area contributed by atoms with Crippen LogP contribution < -0.4 is 0 Å². The lowest BCUT2D eigenvalue weighted by Crippen LogP contribution is -2.05. The van der Waals surface area contributed by atoms with E-state index in [1.807, 2.05) is 36.4 Å². The lowest BCUT2D eigenvalue weighted by Gasteiger charge is -1.98. The number of carbonyl (C=O) groups excluding carboxylic acids is 1. The number of cyclic esters (lactones) is 1. The van der Waals surface area contributed by atoms with Crippen molar-refractivity contribution in [2.75, 3.05) is 0 Å². The summed E-state index contributed by atoms with van der Waals surface area (Å²) in [6.45, 7) is 0. The maximum atomic E-state index is 12.0. The van der Waals surface area contributed by atoms with Crippen LogP contribution in [-0.2, 0) is 9.53 Å². The Hall–Kier alpha value is -3.06. The van der Waals surface area contributed by atoms with Gasteiger partial charge < -0.3 is 4.74 Å². The van der Waals surface area contributed by atoms with Crippen molar-refractivity contribution in [3.8, 4) is 0 Å². The van der Waals surface area contributed by atoms with E-state index >= 15 is 0 Å². The minimum Gasteiger partial charge on any atom is -0.402 e. The molecule has 0 radical (unpaired) electrons. The van der Waals surface area contributed by atoms with Crippen molar-refractivity contribution >= 4 is 39.6 Å². The van der Waals surface area contributed by atoms with Gasteiger partial charge in [-0.15, -0.1) is 0 Å². The summed E-state index contributed by atoms with van der Waals surface area (Å²) in [5.74, 6) is -0.460. The zero-order valence-electron chi connectivity index (χ0n) is 12.8. The number of hydrogen-bond donors (Lipinski definition) is 0. The minimum atomic E-state index is -0.577. The Bertz CT molecular complexity index is 916. The fourth-order valence-corrected chi connectivity index (χ4v) is 2.62. The van der Waals surface area contributed by atoms with Crippen LogP contribution in [0.15, 0.2) is 75.8 Å². The second-order valence-electron chi connectivity index (χ2n) is 5.08. The van der Waals surface area contributed by atoms with Crippen LogP contribution in [0, 0.1) is 10.1 Å². The molecule has 3 rings (SSSR count). The Labute approximate surface area is 151 Å². The molecule has 0 saturated carbocycles. The first kappa shape index (κ1) is 16.8. The smallest absolute Gasteiger partial charge is 0.363 e. The third-order valence-corrected chi connectivity index (χ3v) is 3.78. The second-order valence-corrected chi connectivity index (χ2v) is 6.00. The van der Waals surface area contributed by atoms with Crippen molar-refractivity contribution in [2.24, 2.45) is 4.99 Å². The molecule has 0 spiro atoms. The molecule has 0 fully saturated rings. The first-order valence-electron chi connectivity index (χ1n) is 7.22. The molecule has 2 aromatic rings. The van der Waals surface area contributed by atoms with Crippen molar-refractivity contribution < 1.29 is 14.5 Å². The maximum absolute atomic E-state index is 12.0. The van der Waals surface area contributed by atoms with Crippen LogP contribution in [0.2, 0.25) is 0 Å². The topological polar surface area (TPSA) is 81.8 Å². The Morgan fingerprint density at radius 2 is 1.80 bits per heavy atom. The number of nitro benzene ring substituents is 1. The monoisotopic (exact) mass is 398 g/mol. The predicted molar refractivity (Wildman–Crippen MR) is 97.2 cm³/mol. The van der Waals surface area contributed by atoms with Crippen LogP contribution in [0.5, 0.6) is 0 Å². The van der Waals surface area contributed by atoms with Crippen LogP contribution in [0.25, 0.3) is 6.08 Å². The largest absolute Gasteiger partial charge is 0.402 e. The minimum absolute atomic E-state index is 0.0435. The molecule has 6 nitrogen and oxygen atoms in total. The van der Waals surface area contributed by atoms with Crippen molar-refractivity contribution in [2.45, 2.75) is 0 Å². The highest BCUT2D eigenvalue weighted by Gasteiger charge is 2.24. The van der Waals surface area contributed by atoms with E-state index in [-0.39, 0.29) is 17.3 Å². The lowest BCUT2D eigenvalue weighted by molar-refractivity contribution is -0.384. The van der Waals surface area contributed by atoms with Gasteiger partial charge in [0.1, 0.15) is 0 Å². The zero-order chi connectivity index (χ0) is 17.8. The number of halogens is 1. The quantitative estimate of drug-likeness (QED) is 0.334. The number of carbonyl (C=O) groups is 1. The molecular formula is C18H11BrN2O4. The van der Waals surface area contributed by atoms with Gasteiger partial charge in [-0.1, -0.05) is 46.3 Å². The van der Waals surface area contributed by atoms with Crippen LogP contribution in [0.4, 0.5) is 5.69 Å². The molecule has 1 heterocycles. The molecule has 0 aliphatic carbocycles. The SMILES string of the molecule is O=C1OC(c2ccc([N+](=O)[O-])cc2)=NC1=C/C(Br)=C/c1ccccc1. The molecule has 7 heteroatoms. The van der Waals surface area contributed by atoms with E-state index in [4.69, 9.17) is 4.74 Å². The second kappa shape index (κ2) is 7.23. The zero-order valence-corrected chi connectivity index (χ0v) is 14.3. The third kappa shape index (κ3) is 4.07. The molecule has 124 valence electrons. The van der Waals surface area contributed by atoms with E-state index in [9.17, 15) is 14.9 Å². The van der Waals surface area contributed by atoms with Crippen molar-refractivity contribution in [3.05, 3.63) is 92.1 Å². The Morgan fingerprint density at radius 1 is 1.12 bits per heavy atom. The average molecular weight is 399 g/mol. The standard InChI is InChI=1S/C18H11BrN2O4/c19-14(10-12-4-2-1-3-5-12)11-16-18(22)25-17(20-16)13-6-8-15(9-7-13)21(23)24/h1-11H/b14-10-,16-11?. The van der Waals surface area contributed by atoms with Gasteiger partial charge in [0.05, 0.1) is 4.92 Å². The van der Waals surface area contributed by atoms with Crippen LogP contribution in [0.1, 0.15) is 11.1 Å². The van der Waals surface area contributed by atoms with E-state index in [0.717, 1.165) is 5.56 Å². The number of ether oxygens (including phenoxy) is 1. The normalized spacial score (nSPS) is 15.9. The number of aliphatic imine (C=N–C) groups is 1. The van der Waals surface area contributed by atoms with Crippen LogP contribution in [0.3, 0.4) is 0 Å².